The number of hydrogen-bond donors (Lipinski definition) is 0. The van der Waals surface area contributed by atoms with Gasteiger partial charge in [-0.2, -0.15) is 0 Å². The molecule has 0 amide bonds. The van der Waals surface area contributed by atoms with Crippen LogP contribution in [-0.4, -0.2) is 27.3 Å². The summed E-state index contributed by atoms with van der Waals surface area (Å²) in [5, 5.41) is 0. The Kier molecular flexibility index (Phi) is 12.5. The van der Waals surface area contributed by atoms with E-state index in [2.05, 4.69) is 20.8 Å². The van der Waals surface area contributed by atoms with Gasteiger partial charge in [0.2, 0.25) is 0 Å². The van der Waals surface area contributed by atoms with Gasteiger partial charge in [-0.05, 0) is 5.92 Å². The standard InChI is InChI=1S/C8H18.Pb.2H/c1-4-5-6-7-8(2)3;;;/h8H,4-7H2,1-3H3;;;. The van der Waals surface area contributed by atoms with Gasteiger partial charge in [-0.3, -0.25) is 0 Å². The maximum atomic E-state index is 2.29. The Hall–Kier alpha value is 0.922. The van der Waals surface area contributed by atoms with E-state index in [4.69, 9.17) is 0 Å². The van der Waals surface area contributed by atoms with Crippen LogP contribution in [0.4, 0.5) is 0 Å². The fourth-order valence-electron chi connectivity index (χ4n) is 0.803. The van der Waals surface area contributed by atoms with E-state index in [0.29, 0.717) is 0 Å². The van der Waals surface area contributed by atoms with Crippen LogP contribution in [0.1, 0.15) is 46.5 Å². The summed E-state index contributed by atoms with van der Waals surface area (Å²) in [6.45, 7) is 6.83. The van der Waals surface area contributed by atoms with Crippen molar-refractivity contribution in [3.05, 3.63) is 0 Å². The van der Waals surface area contributed by atoms with Gasteiger partial charge in [0.1, 0.15) is 0 Å². The van der Waals surface area contributed by atoms with Crippen molar-refractivity contribution < 1.29 is 0 Å². The van der Waals surface area contributed by atoms with Crippen LogP contribution >= 0.6 is 0 Å². The Balaban J connectivity index is 0. The van der Waals surface area contributed by atoms with Crippen LogP contribution in [0.25, 0.3) is 0 Å². The Labute approximate surface area is 79.6 Å². The Bertz CT molecular complexity index is 41.8. The molecule has 0 aromatic rings. The van der Waals surface area contributed by atoms with E-state index in [1.165, 1.54) is 25.7 Å². The quantitative estimate of drug-likeness (QED) is 0.550. The summed E-state index contributed by atoms with van der Waals surface area (Å²) in [4.78, 5) is 0. The van der Waals surface area contributed by atoms with Crippen molar-refractivity contribution in [3.63, 3.8) is 0 Å². The van der Waals surface area contributed by atoms with E-state index in [1.54, 1.807) is 0 Å². The van der Waals surface area contributed by atoms with E-state index >= 15 is 0 Å². The van der Waals surface area contributed by atoms with Gasteiger partial charge in [-0.1, -0.05) is 46.5 Å². The first kappa shape index (κ1) is 12.6. The first-order chi connectivity index (χ1) is 3.77. The van der Waals surface area contributed by atoms with Crippen molar-refractivity contribution in [2.24, 2.45) is 5.92 Å². The number of rotatable bonds is 4. The van der Waals surface area contributed by atoms with Crippen molar-refractivity contribution in [1.29, 1.82) is 0 Å². The molecule has 0 atom stereocenters. The third-order valence-electron chi connectivity index (χ3n) is 1.39. The fourth-order valence-corrected chi connectivity index (χ4v) is 0.803. The molecule has 0 aliphatic rings. The van der Waals surface area contributed by atoms with Crippen molar-refractivity contribution in [3.8, 4) is 0 Å². The van der Waals surface area contributed by atoms with Crippen LogP contribution in [0.5, 0.6) is 0 Å². The van der Waals surface area contributed by atoms with Crippen LogP contribution in [0, 0.1) is 5.92 Å². The molecular formula is C8H20Pb. The third kappa shape index (κ3) is 12.2. The Morgan fingerprint density at radius 3 is 2.00 bits per heavy atom. The van der Waals surface area contributed by atoms with Gasteiger partial charge >= 0.3 is 27.3 Å². The van der Waals surface area contributed by atoms with Gasteiger partial charge < -0.3 is 0 Å². The molecule has 0 bridgehead atoms. The van der Waals surface area contributed by atoms with E-state index in [0.717, 1.165) is 5.92 Å². The molecule has 0 fully saturated rings. The summed E-state index contributed by atoms with van der Waals surface area (Å²) in [6.07, 6.45) is 5.60. The second-order valence-corrected chi connectivity index (χ2v) is 2.89. The van der Waals surface area contributed by atoms with Crippen molar-refractivity contribution >= 4 is 27.3 Å². The molecule has 2 radical (unpaired) electrons. The average Bonchev–Trinajstić information content (AvgIpc) is 1.66. The minimum absolute atomic E-state index is 0. The Morgan fingerprint density at radius 2 is 1.67 bits per heavy atom. The molecule has 1 heteroatoms. The molecule has 0 aliphatic heterocycles. The number of hydrogen-bond acceptors (Lipinski definition) is 0. The predicted molar refractivity (Wildman–Crippen MR) is 47.5 cm³/mol. The monoisotopic (exact) mass is 324 g/mol. The minimum atomic E-state index is 0. The zero-order chi connectivity index (χ0) is 6.41. The first-order valence-corrected chi connectivity index (χ1v) is 3.77. The van der Waals surface area contributed by atoms with Crippen molar-refractivity contribution in [1.82, 2.24) is 0 Å². The molecule has 0 saturated heterocycles. The fraction of sp³-hybridized carbons (Fsp3) is 1.00. The molecule has 0 N–H and O–H groups in total. The topological polar surface area (TPSA) is 0 Å². The SMILES string of the molecule is CCCCCC(C)C.[PbH2]. The van der Waals surface area contributed by atoms with Gasteiger partial charge in [0, 0.05) is 0 Å². The second-order valence-electron chi connectivity index (χ2n) is 2.89. The van der Waals surface area contributed by atoms with E-state index in [1.807, 2.05) is 0 Å². The van der Waals surface area contributed by atoms with Gasteiger partial charge in [0.15, 0.2) is 0 Å². The van der Waals surface area contributed by atoms with Gasteiger partial charge in [0.05, 0.1) is 0 Å². The molecule has 0 rings (SSSR count). The summed E-state index contributed by atoms with van der Waals surface area (Å²) in [6, 6.07) is 0. The average molecular weight is 323 g/mol. The molecule has 9 heavy (non-hydrogen) atoms. The summed E-state index contributed by atoms with van der Waals surface area (Å²) < 4.78 is 0. The van der Waals surface area contributed by atoms with Crippen molar-refractivity contribution in [2.45, 2.75) is 46.5 Å². The van der Waals surface area contributed by atoms with E-state index in [9.17, 15) is 0 Å². The van der Waals surface area contributed by atoms with Crippen LogP contribution in [0.2, 0.25) is 0 Å². The third-order valence-corrected chi connectivity index (χ3v) is 1.39. The summed E-state index contributed by atoms with van der Waals surface area (Å²) in [5.74, 6) is 0.904. The molecule has 0 unspecified atom stereocenters. The van der Waals surface area contributed by atoms with Crippen LogP contribution in [0.15, 0.2) is 0 Å². The molecule has 0 aliphatic carbocycles. The molecule has 0 heterocycles. The molecule has 0 spiro atoms. The van der Waals surface area contributed by atoms with E-state index < -0.39 is 0 Å². The van der Waals surface area contributed by atoms with Crippen molar-refractivity contribution in [2.75, 3.05) is 0 Å². The van der Waals surface area contributed by atoms with Gasteiger partial charge in [-0.25, -0.2) is 0 Å². The zero-order valence-electron chi connectivity index (χ0n) is 7.11. The zero-order valence-corrected chi connectivity index (χ0v) is 12.6. The molecule has 56 valence electrons. The molecular weight excluding hydrogens is 303 g/mol. The van der Waals surface area contributed by atoms with Crippen LogP contribution in [0.3, 0.4) is 0 Å². The van der Waals surface area contributed by atoms with E-state index in [-0.39, 0.29) is 27.3 Å². The predicted octanol–water partition coefficient (Wildman–Crippen LogP) is 2.31. The summed E-state index contributed by atoms with van der Waals surface area (Å²) >= 11 is 0. The van der Waals surface area contributed by atoms with Gasteiger partial charge in [0.25, 0.3) is 0 Å². The molecule has 0 saturated carbocycles. The van der Waals surface area contributed by atoms with Gasteiger partial charge in [-0.15, -0.1) is 0 Å². The number of unbranched alkanes of at least 4 members (excludes halogenated alkanes) is 2. The normalized spacial score (nSPS) is 9.33. The second kappa shape index (κ2) is 8.92. The summed E-state index contributed by atoms with van der Waals surface area (Å²) in [5.41, 5.74) is 0. The first-order valence-electron chi connectivity index (χ1n) is 3.77. The summed E-state index contributed by atoms with van der Waals surface area (Å²) in [7, 11) is 0. The molecule has 0 nitrogen and oxygen atoms in total. The maximum absolute atomic E-state index is 2.29. The molecule has 0 aromatic carbocycles. The molecule has 0 aromatic heterocycles. The van der Waals surface area contributed by atoms with Crippen LogP contribution < -0.4 is 0 Å². The van der Waals surface area contributed by atoms with Crippen LogP contribution in [-0.2, 0) is 0 Å². The Morgan fingerprint density at radius 1 is 1.11 bits per heavy atom.